The second-order valence-electron chi connectivity index (χ2n) is 9.09. The van der Waals surface area contributed by atoms with E-state index < -0.39 is 6.09 Å². The highest BCUT2D eigenvalue weighted by Crippen LogP contribution is 2.25. The zero-order valence-electron chi connectivity index (χ0n) is 21.1. The Labute approximate surface area is 221 Å². The number of rotatable bonds is 9. The van der Waals surface area contributed by atoms with Gasteiger partial charge in [-0.2, -0.15) is 0 Å². The van der Waals surface area contributed by atoms with Crippen molar-refractivity contribution >= 4 is 12.4 Å². The van der Waals surface area contributed by atoms with Gasteiger partial charge < -0.3 is 13.9 Å². The highest BCUT2D eigenvalue weighted by atomic mass is 16.6. The molecule has 0 saturated heterocycles. The number of carbonyl (C=O) groups is 2. The van der Waals surface area contributed by atoms with Gasteiger partial charge in [0.2, 0.25) is 5.89 Å². The number of benzene rings is 3. The molecule has 1 aliphatic heterocycles. The first kappa shape index (κ1) is 25.0. The van der Waals surface area contributed by atoms with Gasteiger partial charge in [-0.15, -0.1) is 0 Å². The van der Waals surface area contributed by atoms with Crippen molar-refractivity contribution < 1.29 is 23.5 Å². The number of ether oxygens (including phenoxy) is 2. The number of para-hydroxylation sites is 1. The van der Waals surface area contributed by atoms with Crippen molar-refractivity contribution in [1.82, 2.24) is 9.88 Å². The quantitative estimate of drug-likeness (QED) is 0.265. The highest BCUT2D eigenvalue weighted by Gasteiger charge is 2.27. The number of aryl methyl sites for hydroxylation is 1. The largest absolute Gasteiger partial charge is 0.493 e. The summed E-state index contributed by atoms with van der Waals surface area (Å²) in [4.78, 5) is 30.5. The smallest absolute Gasteiger partial charge is 0.415 e. The maximum atomic E-state index is 12.6. The Morgan fingerprint density at radius 1 is 0.974 bits per heavy atom. The van der Waals surface area contributed by atoms with Crippen molar-refractivity contribution in [3.05, 3.63) is 113 Å². The molecular formula is C31H28N2O5. The van der Waals surface area contributed by atoms with Crippen LogP contribution in [0.3, 0.4) is 0 Å². The first-order valence-electron chi connectivity index (χ1n) is 12.5. The lowest BCUT2D eigenvalue weighted by molar-refractivity contribution is -0.105. The molecule has 0 unspecified atom stereocenters. The summed E-state index contributed by atoms with van der Waals surface area (Å²) in [5.41, 5.74) is 4.32. The molecule has 3 aromatic carbocycles. The number of oxazole rings is 1. The molecule has 0 atom stereocenters. The zero-order valence-corrected chi connectivity index (χ0v) is 21.1. The molecule has 0 spiro atoms. The number of carbonyl (C=O) groups excluding carboxylic acids is 2. The Bertz CT molecular complexity index is 1440. The van der Waals surface area contributed by atoms with Crippen molar-refractivity contribution in [1.29, 1.82) is 0 Å². The molecule has 2 heterocycles. The monoisotopic (exact) mass is 508 g/mol. The number of hydrogen-bond donors (Lipinski definition) is 0. The van der Waals surface area contributed by atoms with Crippen LogP contribution in [-0.4, -0.2) is 42.0 Å². The predicted octanol–water partition coefficient (Wildman–Crippen LogP) is 5.82. The first-order valence-corrected chi connectivity index (χ1v) is 12.5. The Hall–Kier alpha value is -4.65. The van der Waals surface area contributed by atoms with Crippen molar-refractivity contribution in [2.24, 2.45) is 0 Å². The van der Waals surface area contributed by atoms with E-state index in [0.29, 0.717) is 43.2 Å². The Balaban J connectivity index is 1.17. The molecule has 1 aliphatic rings. The molecule has 0 fully saturated rings. The molecule has 0 N–H and O–H groups in total. The minimum atomic E-state index is -0.471. The SMILES string of the molecule is Cc1oc(-c2ccccc2)nc1CCOc1cccc(CC2=C(C=O)CN(C(=O)Oc3ccccc3)C2)c1. The number of nitrogens with zero attached hydrogens (tertiary/aromatic N) is 2. The molecule has 0 radical (unpaired) electrons. The molecule has 0 aliphatic carbocycles. The van der Waals surface area contributed by atoms with E-state index in [1.165, 1.54) is 4.90 Å². The van der Waals surface area contributed by atoms with Crippen LogP contribution >= 0.6 is 0 Å². The second-order valence-corrected chi connectivity index (χ2v) is 9.09. The molecule has 192 valence electrons. The maximum Gasteiger partial charge on any atom is 0.415 e. The van der Waals surface area contributed by atoms with Crippen molar-refractivity contribution in [3.8, 4) is 23.0 Å². The van der Waals surface area contributed by atoms with Crippen LogP contribution in [0, 0.1) is 6.92 Å². The topological polar surface area (TPSA) is 81.9 Å². The molecule has 4 aromatic rings. The van der Waals surface area contributed by atoms with E-state index in [0.717, 1.165) is 40.2 Å². The summed E-state index contributed by atoms with van der Waals surface area (Å²) in [6, 6.07) is 26.5. The van der Waals surface area contributed by atoms with Gasteiger partial charge in [-0.05, 0) is 60.9 Å². The molecule has 7 nitrogen and oxygen atoms in total. The standard InChI is InChI=1S/C31H28N2O5/c1-22-29(32-30(37-22)24-10-4-2-5-11-24)15-16-36-28-14-8-9-23(18-28)17-25-19-33(20-26(25)21-34)31(35)38-27-12-6-3-7-13-27/h2-14,18,21H,15-17,19-20H2,1H3. The summed E-state index contributed by atoms with van der Waals surface area (Å²) in [6.45, 7) is 2.95. The Kier molecular flexibility index (Phi) is 7.64. The fourth-order valence-corrected chi connectivity index (χ4v) is 4.40. The van der Waals surface area contributed by atoms with Crippen LogP contribution in [0.4, 0.5) is 4.79 Å². The van der Waals surface area contributed by atoms with Gasteiger partial charge in [-0.3, -0.25) is 9.69 Å². The number of amides is 1. The summed E-state index contributed by atoms with van der Waals surface area (Å²) < 4.78 is 17.3. The van der Waals surface area contributed by atoms with E-state index >= 15 is 0 Å². The highest BCUT2D eigenvalue weighted by molar-refractivity contribution is 5.81. The number of aromatic nitrogens is 1. The Morgan fingerprint density at radius 2 is 1.71 bits per heavy atom. The molecule has 38 heavy (non-hydrogen) atoms. The van der Waals surface area contributed by atoms with Crippen LogP contribution in [0.2, 0.25) is 0 Å². The van der Waals surface area contributed by atoms with Crippen molar-refractivity contribution in [2.45, 2.75) is 19.8 Å². The van der Waals surface area contributed by atoms with Gasteiger partial charge in [0.05, 0.1) is 18.8 Å². The number of hydrogen-bond acceptors (Lipinski definition) is 6. The third kappa shape index (κ3) is 6.00. The molecule has 0 bridgehead atoms. The van der Waals surface area contributed by atoms with Gasteiger partial charge >= 0.3 is 6.09 Å². The molecule has 1 amide bonds. The lowest BCUT2D eigenvalue weighted by Crippen LogP contribution is -2.32. The van der Waals surface area contributed by atoms with Crippen molar-refractivity contribution in [3.63, 3.8) is 0 Å². The lowest BCUT2D eigenvalue weighted by atomic mass is 10.0. The minimum absolute atomic E-state index is 0.239. The normalized spacial score (nSPS) is 13.0. The average molecular weight is 509 g/mol. The summed E-state index contributed by atoms with van der Waals surface area (Å²) in [6.07, 6.45) is 1.52. The van der Waals surface area contributed by atoms with Crippen LogP contribution < -0.4 is 9.47 Å². The average Bonchev–Trinajstić information content (AvgIpc) is 3.53. The van der Waals surface area contributed by atoms with E-state index in [-0.39, 0.29) is 6.54 Å². The molecular weight excluding hydrogens is 480 g/mol. The summed E-state index contributed by atoms with van der Waals surface area (Å²) in [5.74, 6) is 2.60. The summed E-state index contributed by atoms with van der Waals surface area (Å²) in [7, 11) is 0. The minimum Gasteiger partial charge on any atom is -0.493 e. The van der Waals surface area contributed by atoms with Gasteiger partial charge in [0.1, 0.15) is 23.5 Å². The van der Waals surface area contributed by atoms with Crippen LogP contribution in [-0.2, 0) is 17.6 Å². The van der Waals surface area contributed by atoms with E-state index in [2.05, 4.69) is 4.98 Å². The van der Waals surface area contributed by atoms with Gasteiger partial charge in [0.15, 0.2) is 0 Å². The Morgan fingerprint density at radius 3 is 2.47 bits per heavy atom. The second kappa shape index (κ2) is 11.6. The van der Waals surface area contributed by atoms with E-state index in [1.54, 1.807) is 24.3 Å². The predicted molar refractivity (Wildman–Crippen MR) is 143 cm³/mol. The third-order valence-corrected chi connectivity index (χ3v) is 6.38. The van der Waals surface area contributed by atoms with Gasteiger partial charge in [-0.25, -0.2) is 9.78 Å². The fourth-order valence-electron chi connectivity index (χ4n) is 4.40. The summed E-state index contributed by atoms with van der Waals surface area (Å²) in [5, 5.41) is 0. The van der Waals surface area contributed by atoms with E-state index in [1.807, 2.05) is 67.6 Å². The van der Waals surface area contributed by atoms with Crippen LogP contribution in [0.25, 0.3) is 11.5 Å². The van der Waals surface area contributed by atoms with Crippen molar-refractivity contribution in [2.75, 3.05) is 19.7 Å². The van der Waals surface area contributed by atoms with Gasteiger partial charge in [-0.1, -0.05) is 48.5 Å². The maximum absolute atomic E-state index is 12.6. The van der Waals surface area contributed by atoms with Crippen LogP contribution in [0.5, 0.6) is 11.5 Å². The number of aldehydes is 1. The molecule has 0 saturated carbocycles. The van der Waals surface area contributed by atoms with Crippen LogP contribution in [0.15, 0.2) is 100 Å². The van der Waals surface area contributed by atoms with E-state index in [4.69, 9.17) is 13.9 Å². The van der Waals surface area contributed by atoms with Crippen LogP contribution in [0.1, 0.15) is 17.0 Å². The summed E-state index contributed by atoms with van der Waals surface area (Å²) >= 11 is 0. The molecule has 5 rings (SSSR count). The fraction of sp³-hybridized carbons (Fsp3) is 0.194. The van der Waals surface area contributed by atoms with Gasteiger partial charge in [0, 0.05) is 24.1 Å². The van der Waals surface area contributed by atoms with E-state index in [9.17, 15) is 9.59 Å². The lowest BCUT2D eigenvalue weighted by Gasteiger charge is -2.16. The first-order chi connectivity index (χ1) is 18.6. The third-order valence-electron chi connectivity index (χ3n) is 6.38. The zero-order chi connectivity index (χ0) is 26.3. The van der Waals surface area contributed by atoms with Gasteiger partial charge in [0.25, 0.3) is 0 Å². The molecule has 7 heteroatoms. The molecule has 1 aromatic heterocycles.